The molecule has 0 saturated carbocycles. The lowest BCUT2D eigenvalue weighted by molar-refractivity contribution is -0.136. The van der Waals surface area contributed by atoms with Gasteiger partial charge in [0.2, 0.25) is 5.91 Å². The first-order chi connectivity index (χ1) is 12.3. The second kappa shape index (κ2) is 9.32. The summed E-state index contributed by atoms with van der Waals surface area (Å²) in [5.41, 5.74) is 2.54. The van der Waals surface area contributed by atoms with Gasteiger partial charge in [-0.3, -0.25) is 4.79 Å². The third kappa shape index (κ3) is 5.03. The van der Waals surface area contributed by atoms with Gasteiger partial charge >= 0.3 is 0 Å². The molecule has 0 bridgehead atoms. The number of nitrogens with zero attached hydrogens (tertiary/aromatic N) is 1. The number of nitrogens with one attached hydrogen (secondary N) is 1. The first-order valence-electron chi connectivity index (χ1n) is 9.56. The second-order valence-electron chi connectivity index (χ2n) is 6.83. The van der Waals surface area contributed by atoms with Crippen molar-refractivity contribution in [3.8, 4) is 0 Å². The highest BCUT2D eigenvalue weighted by molar-refractivity contribution is 5.77. The van der Waals surface area contributed by atoms with E-state index < -0.39 is 0 Å². The molecule has 2 aliphatic rings. The molecule has 5 nitrogen and oxygen atoms in total. The van der Waals surface area contributed by atoms with Gasteiger partial charge in [0.05, 0.1) is 25.2 Å². The Balaban J connectivity index is 1.54. The largest absolute Gasteiger partial charge is 0.381 e. The van der Waals surface area contributed by atoms with Crippen LogP contribution in [0.3, 0.4) is 0 Å². The van der Waals surface area contributed by atoms with Crippen LogP contribution < -0.4 is 5.32 Å². The molecule has 0 aromatic heterocycles. The van der Waals surface area contributed by atoms with Crippen LogP contribution in [0, 0.1) is 0 Å². The Morgan fingerprint density at radius 2 is 2.04 bits per heavy atom. The van der Waals surface area contributed by atoms with E-state index in [-0.39, 0.29) is 18.1 Å². The molecular formula is C20H30N2O3. The summed E-state index contributed by atoms with van der Waals surface area (Å²) in [5, 5.41) is 3.42. The number of carbonyl (C=O) groups excluding carboxylic acids is 1. The fraction of sp³-hybridized carbons (Fsp3) is 0.650. The number of carbonyl (C=O) groups is 1. The van der Waals surface area contributed by atoms with Crippen molar-refractivity contribution in [2.24, 2.45) is 0 Å². The molecule has 5 heteroatoms. The first kappa shape index (κ1) is 18.4. The topological polar surface area (TPSA) is 50.8 Å². The van der Waals surface area contributed by atoms with E-state index in [2.05, 4.69) is 36.5 Å². The van der Waals surface area contributed by atoms with Gasteiger partial charge in [0.1, 0.15) is 0 Å². The predicted molar refractivity (Wildman–Crippen MR) is 97.6 cm³/mol. The summed E-state index contributed by atoms with van der Waals surface area (Å²) >= 11 is 0. The molecule has 0 aliphatic carbocycles. The molecule has 1 N–H and O–H groups in total. The van der Waals surface area contributed by atoms with Crippen LogP contribution in [0.15, 0.2) is 24.3 Å². The van der Waals surface area contributed by atoms with Crippen LogP contribution >= 0.6 is 0 Å². The van der Waals surface area contributed by atoms with Crippen molar-refractivity contribution in [1.29, 1.82) is 0 Å². The molecule has 1 atom stereocenters. The predicted octanol–water partition coefficient (Wildman–Crippen LogP) is 2.31. The molecule has 25 heavy (non-hydrogen) atoms. The number of hydrogen-bond acceptors (Lipinski definition) is 4. The molecule has 2 saturated heterocycles. The van der Waals surface area contributed by atoms with Crippen LogP contribution in [0.2, 0.25) is 0 Å². The summed E-state index contributed by atoms with van der Waals surface area (Å²) in [7, 11) is 0. The number of benzene rings is 1. The highest BCUT2D eigenvalue weighted by Gasteiger charge is 2.27. The molecule has 0 spiro atoms. The Kier molecular flexibility index (Phi) is 6.84. The van der Waals surface area contributed by atoms with Crippen LogP contribution in [0.1, 0.15) is 43.4 Å². The number of amides is 1. The van der Waals surface area contributed by atoms with E-state index in [1.807, 2.05) is 4.90 Å². The van der Waals surface area contributed by atoms with Gasteiger partial charge in [0.15, 0.2) is 0 Å². The van der Waals surface area contributed by atoms with Crippen molar-refractivity contribution >= 4 is 5.91 Å². The zero-order chi connectivity index (χ0) is 17.5. The van der Waals surface area contributed by atoms with Gasteiger partial charge in [-0.1, -0.05) is 31.2 Å². The molecule has 1 unspecified atom stereocenters. The Morgan fingerprint density at radius 1 is 1.28 bits per heavy atom. The molecular weight excluding hydrogens is 316 g/mol. The SMILES string of the molecule is CCc1ccc(C2CNCCN2C(=O)CCOC2CCOCC2)cc1. The molecule has 0 radical (unpaired) electrons. The van der Waals surface area contributed by atoms with Crippen molar-refractivity contribution < 1.29 is 14.3 Å². The van der Waals surface area contributed by atoms with Crippen LogP contribution in [-0.2, 0) is 20.7 Å². The minimum atomic E-state index is 0.121. The lowest BCUT2D eigenvalue weighted by Crippen LogP contribution is -2.49. The average Bonchev–Trinajstić information content (AvgIpc) is 2.69. The zero-order valence-corrected chi connectivity index (χ0v) is 15.2. The third-order valence-electron chi connectivity index (χ3n) is 5.17. The maximum absolute atomic E-state index is 12.7. The van der Waals surface area contributed by atoms with E-state index in [1.54, 1.807) is 0 Å². The molecule has 1 aromatic carbocycles. The van der Waals surface area contributed by atoms with Crippen molar-refractivity contribution in [2.45, 2.75) is 44.8 Å². The fourth-order valence-electron chi connectivity index (χ4n) is 3.58. The van der Waals surface area contributed by atoms with Gasteiger partial charge in [0.25, 0.3) is 0 Å². The average molecular weight is 346 g/mol. The molecule has 1 amide bonds. The maximum atomic E-state index is 12.7. The van der Waals surface area contributed by atoms with Crippen LogP contribution in [0.25, 0.3) is 0 Å². The number of hydrogen-bond donors (Lipinski definition) is 1. The van der Waals surface area contributed by atoms with Crippen LogP contribution in [0.4, 0.5) is 0 Å². The third-order valence-corrected chi connectivity index (χ3v) is 5.17. The van der Waals surface area contributed by atoms with E-state index in [9.17, 15) is 4.79 Å². The monoisotopic (exact) mass is 346 g/mol. The smallest absolute Gasteiger partial charge is 0.225 e. The van der Waals surface area contributed by atoms with Gasteiger partial charge in [-0.25, -0.2) is 0 Å². The van der Waals surface area contributed by atoms with E-state index in [0.717, 1.165) is 52.1 Å². The van der Waals surface area contributed by atoms with Crippen molar-refractivity contribution in [1.82, 2.24) is 10.2 Å². The number of piperazine rings is 1. The van der Waals surface area contributed by atoms with Crippen molar-refractivity contribution in [2.75, 3.05) is 39.5 Å². The minimum absolute atomic E-state index is 0.121. The lowest BCUT2D eigenvalue weighted by Gasteiger charge is -2.37. The normalized spacial score (nSPS) is 22.1. The van der Waals surface area contributed by atoms with Gasteiger partial charge in [-0.15, -0.1) is 0 Å². The summed E-state index contributed by atoms with van der Waals surface area (Å²) in [5.74, 6) is 0.193. The summed E-state index contributed by atoms with van der Waals surface area (Å²) in [4.78, 5) is 14.8. The highest BCUT2D eigenvalue weighted by Crippen LogP contribution is 2.24. The van der Waals surface area contributed by atoms with Crippen LogP contribution in [-0.4, -0.2) is 56.4 Å². The summed E-state index contributed by atoms with van der Waals surface area (Å²) in [6, 6.07) is 8.78. The van der Waals surface area contributed by atoms with Gasteiger partial charge in [0, 0.05) is 32.8 Å². The van der Waals surface area contributed by atoms with E-state index in [0.29, 0.717) is 13.0 Å². The number of ether oxygens (including phenoxy) is 2. The molecule has 2 aliphatic heterocycles. The van der Waals surface area contributed by atoms with Crippen molar-refractivity contribution in [3.63, 3.8) is 0 Å². The van der Waals surface area contributed by atoms with Gasteiger partial charge < -0.3 is 19.7 Å². The van der Waals surface area contributed by atoms with Gasteiger partial charge in [-0.05, 0) is 30.4 Å². The Morgan fingerprint density at radius 3 is 2.76 bits per heavy atom. The summed E-state index contributed by atoms with van der Waals surface area (Å²) in [6.45, 7) is 6.64. The first-order valence-corrected chi connectivity index (χ1v) is 9.56. The maximum Gasteiger partial charge on any atom is 0.225 e. The number of rotatable bonds is 6. The quantitative estimate of drug-likeness (QED) is 0.859. The zero-order valence-electron chi connectivity index (χ0n) is 15.2. The fourth-order valence-corrected chi connectivity index (χ4v) is 3.58. The van der Waals surface area contributed by atoms with Gasteiger partial charge in [-0.2, -0.15) is 0 Å². The van der Waals surface area contributed by atoms with E-state index in [1.165, 1.54) is 11.1 Å². The molecule has 1 aromatic rings. The Hall–Kier alpha value is -1.43. The van der Waals surface area contributed by atoms with Crippen molar-refractivity contribution in [3.05, 3.63) is 35.4 Å². The van der Waals surface area contributed by atoms with E-state index >= 15 is 0 Å². The highest BCUT2D eigenvalue weighted by atomic mass is 16.5. The van der Waals surface area contributed by atoms with E-state index in [4.69, 9.17) is 9.47 Å². The molecule has 2 heterocycles. The minimum Gasteiger partial charge on any atom is -0.381 e. The van der Waals surface area contributed by atoms with Crippen LogP contribution in [0.5, 0.6) is 0 Å². The molecule has 2 fully saturated rings. The Labute approximate surface area is 150 Å². The molecule has 3 rings (SSSR count). The molecule has 138 valence electrons. The lowest BCUT2D eigenvalue weighted by atomic mass is 10.0. The summed E-state index contributed by atoms with van der Waals surface area (Å²) in [6.07, 6.45) is 3.63. The number of aryl methyl sites for hydroxylation is 1. The second-order valence-corrected chi connectivity index (χ2v) is 6.83. The standard InChI is InChI=1S/C20H30N2O3/c1-2-16-3-5-17(6-4-16)19-15-21-10-11-22(19)20(23)9-14-25-18-7-12-24-13-8-18/h3-6,18-19,21H,2,7-15H2,1H3. The summed E-state index contributed by atoms with van der Waals surface area (Å²) < 4.78 is 11.2. The Bertz CT molecular complexity index is 540.